The van der Waals surface area contributed by atoms with Crippen molar-refractivity contribution in [2.45, 2.75) is 71.8 Å². The summed E-state index contributed by atoms with van der Waals surface area (Å²) in [6.07, 6.45) is 6.34. The molecule has 0 fully saturated rings. The van der Waals surface area contributed by atoms with E-state index in [4.69, 9.17) is 9.47 Å². The van der Waals surface area contributed by atoms with Crippen molar-refractivity contribution in [3.63, 3.8) is 0 Å². The first-order chi connectivity index (χ1) is 16.1. The molecule has 0 aromatic heterocycles. The number of rotatable bonds is 14. The lowest BCUT2D eigenvalue weighted by Gasteiger charge is -2.17. The number of Topliss-reactive ketones (excluding diaryl/α,β-unsaturated/α-hetero) is 1. The van der Waals surface area contributed by atoms with Crippen molar-refractivity contribution in [3.05, 3.63) is 65.7 Å². The molecule has 0 spiro atoms. The fraction of sp³-hybridized carbons (Fsp3) is 0.448. The number of unbranched alkanes of at least 4 members (excludes halogenated alkanes) is 3. The molecule has 0 unspecified atom stereocenters. The van der Waals surface area contributed by atoms with Gasteiger partial charge in [0.05, 0.1) is 13.2 Å². The van der Waals surface area contributed by atoms with Gasteiger partial charge in [-0.05, 0) is 50.8 Å². The molecule has 5 heteroatoms. The van der Waals surface area contributed by atoms with E-state index in [1.54, 1.807) is 19.1 Å². The molecule has 0 bridgehead atoms. The van der Waals surface area contributed by atoms with Crippen LogP contribution in [0.5, 0.6) is 5.75 Å². The highest BCUT2D eigenvalue weighted by Gasteiger charge is 2.25. The second-order valence-electron chi connectivity index (χ2n) is 9.22. The largest absolute Gasteiger partial charge is 0.493 e. The number of ketones is 1. The number of aliphatic hydroxyl groups is 1. The van der Waals surface area contributed by atoms with Crippen LogP contribution in [0.4, 0.5) is 0 Å². The van der Waals surface area contributed by atoms with Gasteiger partial charge < -0.3 is 14.6 Å². The number of carbonyl (C=O) groups is 2. The van der Waals surface area contributed by atoms with Gasteiger partial charge >= 0.3 is 5.97 Å². The minimum absolute atomic E-state index is 0.269. The average Bonchev–Trinajstić information content (AvgIpc) is 2.80. The zero-order valence-corrected chi connectivity index (χ0v) is 21.0. The lowest BCUT2D eigenvalue weighted by atomic mass is 9.94. The van der Waals surface area contributed by atoms with Crippen LogP contribution in [0.2, 0.25) is 0 Å². The number of benzene rings is 2. The molecule has 2 rings (SSSR count). The van der Waals surface area contributed by atoms with Gasteiger partial charge in [0.15, 0.2) is 5.78 Å². The third-order valence-corrected chi connectivity index (χ3v) is 5.51. The van der Waals surface area contributed by atoms with E-state index in [9.17, 15) is 14.7 Å². The molecular formula is C29H38O5. The maximum absolute atomic E-state index is 12.3. The van der Waals surface area contributed by atoms with Crippen molar-refractivity contribution in [1.82, 2.24) is 0 Å². The number of hydrogen-bond donors (Lipinski definition) is 1. The van der Waals surface area contributed by atoms with E-state index < -0.39 is 11.6 Å². The van der Waals surface area contributed by atoms with Crippen LogP contribution in [-0.2, 0) is 16.0 Å². The smallest absolute Gasteiger partial charge is 0.333 e. The van der Waals surface area contributed by atoms with Crippen molar-refractivity contribution in [2.24, 2.45) is 0 Å². The summed E-state index contributed by atoms with van der Waals surface area (Å²) in [7, 11) is 0. The van der Waals surface area contributed by atoms with Crippen LogP contribution in [0, 0.1) is 0 Å². The predicted molar refractivity (Wildman–Crippen MR) is 136 cm³/mol. The van der Waals surface area contributed by atoms with Gasteiger partial charge in [0.25, 0.3) is 0 Å². The maximum atomic E-state index is 12.3. The molecule has 184 valence electrons. The Morgan fingerprint density at radius 1 is 0.971 bits per heavy atom. The summed E-state index contributed by atoms with van der Waals surface area (Å²) < 4.78 is 11.3. The van der Waals surface area contributed by atoms with Gasteiger partial charge in [-0.25, -0.2) is 4.79 Å². The quantitative estimate of drug-likeness (QED) is 0.153. The Balaban J connectivity index is 2.16. The molecule has 5 nitrogen and oxygen atoms in total. The lowest BCUT2D eigenvalue weighted by molar-refractivity contribution is -0.139. The molecule has 0 radical (unpaired) electrons. The van der Waals surface area contributed by atoms with Gasteiger partial charge in [-0.1, -0.05) is 69.2 Å². The fourth-order valence-electron chi connectivity index (χ4n) is 3.52. The number of hydrogen-bond acceptors (Lipinski definition) is 5. The zero-order chi connectivity index (χ0) is 25.1. The number of ether oxygens (including phenoxy) is 2. The highest BCUT2D eigenvalue weighted by atomic mass is 16.5. The Kier molecular flexibility index (Phi) is 10.5. The Bertz CT molecular complexity index is 967. The SMILES string of the molecule is C=C(C)C(=O)OCCCOc1cc(CCCCCC)ccc1-c1ccc(C(=O)C(C)(C)O)cc1. The molecule has 0 saturated heterocycles. The molecule has 2 aromatic rings. The van der Waals surface area contributed by atoms with Crippen LogP contribution in [0.3, 0.4) is 0 Å². The average molecular weight is 467 g/mol. The van der Waals surface area contributed by atoms with Crippen molar-refractivity contribution in [1.29, 1.82) is 0 Å². The first-order valence-electron chi connectivity index (χ1n) is 12.1. The van der Waals surface area contributed by atoms with E-state index in [1.807, 2.05) is 12.1 Å². The highest BCUT2D eigenvalue weighted by Crippen LogP contribution is 2.32. The standard InChI is InChI=1S/C29H38O5/c1-6-7-8-9-11-22-12-17-25(23-13-15-24(16-14-23)27(30)29(4,5)32)26(20-22)33-18-10-19-34-28(31)21(2)3/h12-17,20,32H,2,6-11,18-19H2,1,3-5H3. The molecular weight excluding hydrogens is 428 g/mol. The van der Waals surface area contributed by atoms with Crippen molar-refractivity contribution < 1.29 is 24.2 Å². The van der Waals surface area contributed by atoms with Crippen LogP contribution in [0.15, 0.2) is 54.6 Å². The number of carbonyl (C=O) groups excluding carboxylic acids is 2. The Morgan fingerprint density at radius 3 is 2.29 bits per heavy atom. The molecule has 0 aliphatic heterocycles. The van der Waals surface area contributed by atoms with Crippen LogP contribution < -0.4 is 4.74 Å². The lowest BCUT2D eigenvalue weighted by Crippen LogP contribution is -2.30. The molecule has 0 atom stereocenters. The van der Waals surface area contributed by atoms with E-state index in [1.165, 1.54) is 38.7 Å². The summed E-state index contributed by atoms with van der Waals surface area (Å²) in [5, 5.41) is 10.0. The third-order valence-electron chi connectivity index (χ3n) is 5.51. The first kappa shape index (κ1) is 27.3. The topological polar surface area (TPSA) is 72.8 Å². The van der Waals surface area contributed by atoms with Crippen molar-refractivity contribution in [2.75, 3.05) is 13.2 Å². The van der Waals surface area contributed by atoms with E-state index in [0.717, 1.165) is 29.7 Å². The number of aryl methyl sites for hydroxylation is 1. The van der Waals surface area contributed by atoms with Crippen LogP contribution >= 0.6 is 0 Å². The van der Waals surface area contributed by atoms with E-state index >= 15 is 0 Å². The molecule has 0 saturated carbocycles. The Labute approximate surface area is 203 Å². The summed E-state index contributed by atoms with van der Waals surface area (Å²) in [6, 6.07) is 13.5. The van der Waals surface area contributed by atoms with E-state index in [-0.39, 0.29) is 12.4 Å². The highest BCUT2D eigenvalue weighted by molar-refractivity contribution is 6.02. The van der Waals surface area contributed by atoms with E-state index in [0.29, 0.717) is 24.2 Å². The van der Waals surface area contributed by atoms with Crippen LogP contribution in [0.1, 0.15) is 75.7 Å². The Morgan fingerprint density at radius 2 is 1.68 bits per heavy atom. The maximum Gasteiger partial charge on any atom is 0.333 e. The molecule has 1 N–H and O–H groups in total. The monoisotopic (exact) mass is 466 g/mol. The molecule has 0 amide bonds. The molecule has 0 aliphatic rings. The summed E-state index contributed by atoms with van der Waals surface area (Å²) in [6.45, 7) is 11.1. The van der Waals surface area contributed by atoms with Gasteiger partial charge in [0.2, 0.25) is 0 Å². The fourth-order valence-corrected chi connectivity index (χ4v) is 3.52. The summed E-state index contributed by atoms with van der Waals surface area (Å²) in [5.74, 6) is 0.0542. The van der Waals surface area contributed by atoms with Gasteiger partial charge in [-0.2, -0.15) is 0 Å². The second kappa shape index (κ2) is 13.1. The zero-order valence-electron chi connectivity index (χ0n) is 21.0. The second-order valence-corrected chi connectivity index (χ2v) is 9.22. The minimum atomic E-state index is -1.41. The number of esters is 1. The van der Waals surface area contributed by atoms with Crippen LogP contribution in [-0.4, -0.2) is 35.7 Å². The third kappa shape index (κ3) is 8.45. The predicted octanol–water partition coefficient (Wildman–Crippen LogP) is 6.32. The molecule has 34 heavy (non-hydrogen) atoms. The summed E-state index contributed by atoms with van der Waals surface area (Å²) in [5.41, 5.74) is 2.50. The van der Waals surface area contributed by atoms with Crippen LogP contribution in [0.25, 0.3) is 11.1 Å². The van der Waals surface area contributed by atoms with Crippen molar-refractivity contribution in [3.8, 4) is 16.9 Å². The van der Waals surface area contributed by atoms with Gasteiger partial charge in [0.1, 0.15) is 11.4 Å². The summed E-state index contributed by atoms with van der Waals surface area (Å²) >= 11 is 0. The van der Waals surface area contributed by atoms with E-state index in [2.05, 4.69) is 31.7 Å². The van der Waals surface area contributed by atoms with Gasteiger partial charge in [-0.3, -0.25) is 4.79 Å². The normalized spacial score (nSPS) is 11.2. The first-order valence-corrected chi connectivity index (χ1v) is 12.1. The minimum Gasteiger partial charge on any atom is -0.493 e. The van der Waals surface area contributed by atoms with Gasteiger partial charge in [-0.15, -0.1) is 0 Å². The molecule has 0 aliphatic carbocycles. The van der Waals surface area contributed by atoms with Crippen molar-refractivity contribution >= 4 is 11.8 Å². The molecule has 0 heterocycles. The molecule has 2 aromatic carbocycles. The summed E-state index contributed by atoms with van der Waals surface area (Å²) in [4.78, 5) is 23.9. The van der Waals surface area contributed by atoms with Gasteiger partial charge in [0, 0.05) is 23.1 Å². The Hall–Kier alpha value is -2.92.